The topological polar surface area (TPSA) is 110 Å². The Kier molecular flexibility index (Phi) is 4.38. The van der Waals surface area contributed by atoms with Crippen molar-refractivity contribution in [2.24, 2.45) is 4.99 Å². The maximum Gasteiger partial charge on any atom is 0.360 e. The molecule has 0 saturated carbocycles. The van der Waals surface area contributed by atoms with Gasteiger partial charge < -0.3 is 10.5 Å². The van der Waals surface area contributed by atoms with Crippen molar-refractivity contribution in [3.05, 3.63) is 21.6 Å². The third-order valence-corrected chi connectivity index (χ3v) is 1.93. The van der Waals surface area contributed by atoms with Crippen LogP contribution in [0.4, 0.5) is 5.69 Å². The van der Waals surface area contributed by atoms with Gasteiger partial charge >= 0.3 is 5.97 Å². The molecule has 0 bridgehead atoms. The molecule has 0 aliphatic rings. The van der Waals surface area contributed by atoms with E-state index in [9.17, 15) is 9.59 Å². The summed E-state index contributed by atoms with van der Waals surface area (Å²) in [6.45, 7) is 4.20. The number of nitrogens with zero attached hydrogens (tertiary/aromatic N) is 2. The molecule has 0 saturated heterocycles. The highest BCUT2D eigenvalue weighted by atomic mass is 16.5. The number of hydrogen-bond acceptors (Lipinski definition) is 6. The van der Waals surface area contributed by atoms with Gasteiger partial charge in [-0.05, 0) is 13.8 Å². The molecule has 1 aromatic heterocycles. The van der Waals surface area contributed by atoms with E-state index in [0.717, 1.165) is 0 Å². The van der Waals surface area contributed by atoms with Crippen molar-refractivity contribution in [1.82, 2.24) is 10.2 Å². The molecule has 17 heavy (non-hydrogen) atoms. The van der Waals surface area contributed by atoms with Crippen LogP contribution in [0.15, 0.2) is 9.79 Å². The molecule has 3 N–H and O–H groups in total. The van der Waals surface area contributed by atoms with Crippen molar-refractivity contribution in [3.8, 4) is 0 Å². The maximum absolute atomic E-state index is 11.5. The van der Waals surface area contributed by atoms with Gasteiger partial charge in [-0.3, -0.25) is 9.79 Å². The van der Waals surface area contributed by atoms with Gasteiger partial charge in [0.05, 0.1) is 17.9 Å². The van der Waals surface area contributed by atoms with Crippen LogP contribution in [0.2, 0.25) is 0 Å². The molecule has 0 amide bonds. The number of anilines is 1. The Morgan fingerprint density at radius 1 is 1.59 bits per heavy atom. The fourth-order valence-electron chi connectivity index (χ4n) is 1.14. The molecule has 1 aromatic rings. The lowest BCUT2D eigenvalue weighted by molar-refractivity contribution is 0.0519. The second kappa shape index (κ2) is 5.78. The van der Waals surface area contributed by atoms with E-state index in [2.05, 4.69) is 15.2 Å². The van der Waals surface area contributed by atoms with Gasteiger partial charge in [0.15, 0.2) is 5.69 Å². The molecule has 0 aliphatic heterocycles. The molecule has 7 nitrogen and oxygen atoms in total. The molecule has 0 fully saturated rings. The van der Waals surface area contributed by atoms with E-state index in [1.165, 1.54) is 6.21 Å². The third kappa shape index (κ3) is 2.90. The monoisotopic (exact) mass is 238 g/mol. The molecule has 0 atom stereocenters. The summed E-state index contributed by atoms with van der Waals surface area (Å²) < 4.78 is 4.76. The van der Waals surface area contributed by atoms with Gasteiger partial charge in [-0.25, -0.2) is 9.89 Å². The SMILES string of the molecule is CCN=Cc1c(N)c(C(=O)OCC)n[nH]c1=O. The fourth-order valence-corrected chi connectivity index (χ4v) is 1.14. The normalized spacial score (nSPS) is 10.7. The van der Waals surface area contributed by atoms with Crippen LogP contribution in [0.25, 0.3) is 0 Å². The summed E-state index contributed by atoms with van der Waals surface area (Å²) in [7, 11) is 0. The Hall–Kier alpha value is -2.18. The number of hydrogen-bond donors (Lipinski definition) is 2. The lowest BCUT2D eigenvalue weighted by Gasteiger charge is -2.05. The first-order valence-electron chi connectivity index (χ1n) is 5.16. The van der Waals surface area contributed by atoms with Crippen LogP contribution >= 0.6 is 0 Å². The number of carbonyl (C=O) groups is 1. The van der Waals surface area contributed by atoms with Crippen LogP contribution in [0.3, 0.4) is 0 Å². The summed E-state index contributed by atoms with van der Waals surface area (Å²) in [5.41, 5.74) is 5.17. The summed E-state index contributed by atoms with van der Waals surface area (Å²) in [6, 6.07) is 0. The van der Waals surface area contributed by atoms with Crippen molar-refractivity contribution < 1.29 is 9.53 Å². The number of nitrogens with one attached hydrogen (secondary N) is 1. The van der Waals surface area contributed by atoms with Crippen LogP contribution in [0.5, 0.6) is 0 Å². The van der Waals surface area contributed by atoms with Gasteiger partial charge in [-0.15, -0.1) is 0 Å². The Morgan fingerprint density at radius 2 is 2.29 bits per heavy atom. The summed E-state index contributed by atoms with van der Waals surface area (Å²) in [4.78, 5) is 26.8. The Morgan fingerprint density at radius 3 is 2.88 bits per heavy atom. The molecule has 0 aromatic carbocycles. The Balaban J connectivity index is 3.23. The summed E-state index contributed by atoms with van der Waals surface area (Å²) in [5, 5.41) is 5.75. The minimum Gasteiger partial charge on any atom is -0.461 e. The average Bonchev–Trinajstić information content (AvgIpc) is 2.29. The number of nitrogens with two attached hydrogens (primary N) is 1. The number of aromatic nitrogens is 2. The minimum absolute atomic E-state index is 0.0237. The fraction of sp³-hybridized carbons (Fsp3) is 0.400. The van der Waals surface area contributed by atoms with Gasteiger partial charge in [0, 0.05) is 12.8 Å². The number of H-pyrrole nitrogens is 1. The zero-order chi connectivity index (χ0) is 12.8. The first-order chi connectivity index (χ1) is 8.11. The number of rotatable bonds is 4. The lowest BCUT2D eigenvalue weighted by atomic mass is 10.2. The lowest BCUT2D eigenvalue weighted by Crippen LogP contribution is -2.22. The zero-order valence-corrected chi connectivity index (χ0v) is 9.69. The van der Waals surface area contributed by atoms with E-state index in [4.69, 9.17) is 10.5 Å². The van der Waals surface area contributed by atoms with Gasteiger partial charge in [0.25, 0.3) is 5.56 Å². The van der Waals surface area contributed by atoms with Crippen LogP contribution in [0.1, 0.15) is 29.9 Å². The maximum atomic E-state index is 11.5. The third-order valence-electron chi connectivity index (χ3n) is 1.93. The minimum atomic E-state index is -0.674. The van der Waals surface area contributed by atoms with E-state index in [1.807, 2.05) is 6.92 Å². The van der Waals surface area contributed by atoms with E-state index in [1.54, 1.807) is 6.92 Å². The van der Waals surface area contributed by atoms with E-state index >= 15 is 0 Å². The van der Waals surface area contributed by atoms with E-state index in [-0.39, 0.29) is 23.6 Å². The number of esters is 1. The molecule has 0 spiro atoms. The molecule has 7 heteroatoms. The van der Waals surface area contributed by atoms with Gasteiger partial charge in [0.2, 0.25) is 0 Å². The van der Waals surface area contributed by atoms with Crippen molar-refractivity contribution >= 4 is 17.9 Å². The van der Waals surface area contributed by atoms with Crippen LogP contribution in [0, 0.1) is 0 Å². The number of nitrogen functional groups attached to an aromatic ring is 1. The van der Waals surface area contributed by atoms with E-state index < -0.39 is 11.5 Å². The van der Waals surface area contributed by atoms with Crippen molar-refractivity contribution in [1.29, 1.82) is 0 Å². The Bertz CT molecular complexity index is 493. The first-order valence-corrected chi connectivity index (χ1v) is 5.16. The summed E-state index contributed by atoms with van der Waals surface area (Å²) in [5.74, 6) is -0.674. The molecular formula is C10H14N4O3. The predicted molar refractivity (Wildman–Crippen MR) is 63.4 cm³/mol. The summed E-state index contributed by atoms with van der Waals surface area (Å²) in [6.07, 6.45) is 1.32. The van der Waals surface area contributed by atoms with Crippen LogP contribution < -0.4 is 11.3 Å². The molecule has 0 aliphatic carbocycles. The number of carbonyl (C=O) groups excluding carboxylic acids is 1. The molecule has 0 radical (unpaired) electrons. The quantitative estimate of drug-likeness (QED) is 0.565. The predicted octanol–water partition coefficient (Wildman–Crippen LogP) is -0.0324. The van der Waals surface area contributed by atoms with Gasteiger partial charge in [0.1, 0.15) is 0 Å². The molecule has 1 rings (SSSR count). The first kappa shape index (κ1) is 12.9. The molecular weight excluding hydrogens is 224 g/mol. The smallest absolute Gasteiger partial charge is 0.360 e. The van der Waals surface area contributed by atoms with Crippen LogP contribution in [-0.4, -0.2) is 35.5 Å². The summed E-state index contributed by atoms with van der Waals surface area (Å²) >= 11 is 0. The highest BCUT2D eigenvalue weighted by Crippen LogP contribution is 2.10. The molecule has 92 valence electrons. The second-order valence-corrected chi connectivity index (χ2v) is 3.08. The number of ether oxygens (including phenoxy) is 1. The van der Waals surface area contributed by atoms with Crippen molar-refractivity contribution in [2.75, 3.05) is 18.9 Å². The highest BCUT2D eigenvalue weighted by Gasteiger charge is 2.17. The van der Waals surface area contributed by atoms with Gasteiger partial charge in [-0.1, -0.05) is 0 Å². The molecule has 0 unspecified atom stereocenters. The largest absolute Gasteiger partial charge is 0.461 e. The molecule has 1 heterocycles. The number of aromatic amines is 1. The van der Waals surface area contributed by atoms with Crippen molar-refractivity contribution in [3.63, 3.8) is 0 Å². The Labute approximate surface area is 97.7 Å². The zero-order valence-electron chi connectivity index (χ0n) is 9.69. The highest BCUT2D eigenvalue weighted by molar-refractivity contribution is 5.98. The number of aliphatic imine (C=N–C) groups is 1. The standard InChI is InChI=1S/C10H14N4O3/c1-3-12-5-6-7(11)8(10(16)17-4-2)13-14-9(6)15/h5H,3-4H2,1-2H3,(H3,11,14,15). The van der Waals surface area contributed by atoms with Crippen molar-refractivity contribution in [2.45, 2.75) is 13.8 Å². The van der Waals surface area contributed by atoms with E-state index in [0.29, 0.717) is 6.54 Å². The van der Waals surface area contributed by atoms with Crippen LogP contribution in [-0.2, 0) is 4.74 Å². The average molecular weight is 238 g/mol. The van der Waals surface area contributed by atoms with Gasteiger partial charge in [-0.2, -0.15) is 5.10 Å². The second-order valence-electron chi connectivity index (χ2n) is 3.08.